The predicted octanol–water partition coefficient (Wildman–Crippen LogP) is 2.20. The van der Waals surface area contributed by atoms with Crippen LogP contribution in [0.3, 0.4) is 0 Å². The molecule has 0 saturated heterocycles. The van der Waals surface area contributed by atoms with Crippen LogP contribution in [-0.4, -0.2) is 42.0 Å². The third-order valence-electron chi connectivity index (χ3n) is 4.11. The first-order valence-corrected chi connectivity index (χ1v) is 8.35. The average Bonchev–Trinajstić information content (AvgIpc) is 2.60. The number of carbonyl (C=O) groups excluding carboxylic acids is 1. The van der Waals surface area contributed by atoms with Crippen LogP contribution < -0.4 is 15.0 Å². The van der Waals surface area contributed by atoms with Crippen molar-refractivity contribution in [3.63, 3.8) is 0 Å². The lowest BCUT2D eigenvalue weighted by molar-refractivity contribution is -0.143. The molecule has 8 heteroatoms. The fourth-order valence-corrected chi connectivity index (χ4v) is 2.91. The minimum Gasteiger partial charge on any atom is -0.507 e. The number of aromatic amines is 1. The van der Waals surface area contributed by atoms with Crippen LogP contribution in [0.25, 0.3) is 0 Å². The highest BCUT2D eigenvalue weighted by atomic mass is 16.5. The number of ether oxygens (including phenoxy) is 3. The van der Waals surface area contributed by atoms with Crippen molar-refractivity contribution in [1.29, 1.82) is 0 Å². The number of esters is 1. The van der Waals surface area contributed by atoms with E-state index < -0.39 is 17.4 Å². The Hall–Kier alpha value is -3.16. The lowest BCUT2D eigenvalue weighted by Crippen LogP contribution is -2.21. The van der Waals surface area contributed by atoms with Gasteiger partial charge in [0.15, 0.2) is 11.5 Å². The molecule has 0 unspecified atom stereocenters. The first-order valence-electron chi connectivity index (χ1n) is 8.35. The number of hydrogen-bond acceptors (Lipinski definition) is 7. The zero-order chi connectivity index (χ0) is 20.1. The van der Waals surface area contributed by atoms with Gasteiger partial charge in [-0.1, -0.05) is 0 Å². The monoisotopic (exact) mass is 377 g/mol. The van der Waals surface area contributed by atoms with Crippen molar-refractivity contribution in [1.82, 2.24) is 4.98 Å². The molecule has 1 atom stereocenters. The number of nitrogens with one attached hydrogen (secondary N) is 1. The van der Waals surface area contributed by atoms with Crippen LogP contribution in [0.2, 0.25) is 0 Å². The van der Waals surface area contributed by atoms with E-state index in [9.17, 15) is 19.8 Å². The topological polar surface area (TPSA) is 118 Å². The van der Waals surface area contributed by atoms with E-state index in [0.717, 1.165) is 0 Å². The van der Waals surface area contributed by atoms with Gasteiger partial charge in [0.2, 0.25) is 5.75 Å². The molecule has 0 aliphatic heterocycles. The van der Waals surface area contributed by atoms with Gasteiger partial charge in [0.05, 0.1) is 32.8 Å². The van der Waals surface area contributed by atoms with E-state index in [-0.39, 0.29) is 41.6 Å². The van der Waals surface area contributed by atoms with E-state index in [2.05, 4.69) is 4.98 Å². The van der Waals surface area contributed by atoms with Crippen LogP contribution in [0.15, 0.2) is 23.0 Å². The Bertz CT molecular complexity index is 863. The first-order chi connectivity index (χ1) is 12.8. The maximum absolute atomic E-state index is 12.5. The van der Waals surface area contributed by atoms with Gasteiger partial charge in [-0.25, -0.2) is 0 Å². The Morgan fingerprint density at radius 2 is 1.74 bits per heavy atom. The number of methoxy groups -OCH3 is 2. The molecule has 146 valence electrons. The molecular formula is C19H23NO7. The molecular weight excluding hydrogens is 354 g/mol. The molecule has 2 aromatic rings. The van der Waals surface area contributed by atoms with Gasteiger partial charge in [-0.05, 0) is 37.6 Å². The minimum atomic E-state index is -0.836. The molecule has 1 heterocycles. The standard InChI is InChI=1S/C19H23NO7/c1-5-27-16(22)9-12(17-13(21)6-10(2)20-19(17)24)11-7-14(25-3)18(23)15(8-11)26-4/h6-8,12,23H,5,9H2,1-4H3,(H2,20,21,24)/t12-/m1/s1. The predicted molar refractivity (Wildman–Crippen MR) is 97.8 cm³/mol. The number of hydrogen-bond donors (Lipinski definition) is 3. The Kier molecular flexibility index (Phi) is 6.33. The summed E-state index contributed by atoms with van der Waals surface area (Å²) in [5, 5.41) is 20.5. The van der Waals surface area contributed by atoms with Crippen molar-refractivity contribution in [3.05, 3.63) is 45.4 Å². The van der Waals surface area contributed by atoms with Crippen LogP contribution in [0.5, 0.6) is 23.0 Å². The molecule has 0 amide bonds. The van der Waals surface area contributed by atoms with Crippen molar-refractivity contribution in [2.24, 2.45) is 0 Å². The molecule has 1 aromatic heterocycles. The lowest BCUT2D eigenvalue weighted by atomic mass is 9.88. The van der Waals surface area contributed by atoms with Gasteiger partial charge in [-0.2, -0.15) is 0 Å². The van der Waals surface area contributed by atoms with Crippen LogP contribution in [0.4, 0.5) is 0 Å². The fourth-order valence-electron chi connectivity index (χ4n) is 2.91. The highest BCUT2D eigenvalue weighted by Crippen LogP contribution is 2.42. The molecule has 1 aromatic carbocycles. The van der Waals surface area contributed by atoms with E-state index in [4.69, 9.17) is 14.2 Å². The van der Waals surface area contributed by atoms with Crippen LogP contribution in [-0.2, 0) is 9.53 Å². The number of aryl methyl sites for hydroxylation is 1. The summed E-state index contributed by atoms with van der Waals surface area (Å²) >= 11 is 0. The van der Waals surface area contributed by atoms with Crippen LogP contribution in [0.1, 0.15) is 36.1 Å². The molecule has 3 N–H and O–H groups in total. The summed E-state index contributed by atoms with van der Waals surface area (Å²) in [4.78, 5) is 27.3. The van der Waals surface area contributed by atoms with Gasteiger partial charge >= 0.3 is 5.97 Å². The van der Waals surface area contributed by atoms with Gasteiger partial charge in [0.25, 0.3) is 5.56 Å². The second-order valence-corrected chi connectivity index (χ2v) is 5.92. The van der Waals surface area contributed by atoms with E-state index in [1.54, 1.807) is 13.8 Å². The summed E-state index contributed by atoms with van der Waals surface area (Å²) in [5.41, 5.74) is 0.424. The first kappa shape index (κ1) is 20.2. The Morgan fingerprint density at radius 3 is 2.22 bits per heavy atom. The average molecular weight is 377 g/mol. The lowest BCUT2D eigenvalue weighted by Gasteiger charge is -2.20. The van der Waals surface area contributed by atoms with Crippen molar-refractivity contribution >= 4 is 5.97 Å². The Balaban J connectivity index is 2.68. The number of benzene rings is 1. The molecule has 0 saturated carbocycles. The summed E-state index contributed by atoms with van der Waals surface area (Å²) in [5.74, 6) is -1.59. The van der Waals surface area contributed by atoms with Crippen LogP contribution >= 0.6 is 0 Å². The number of aromatic hydroxyl groups is 2. The molecule has 27 heavy (non-hydrogen) atoms. The van der Waals surface area contributed by atoms with Crippen LogP contribution in [0, 0.1) is 6.92 Å². The number of carbonyl (C=O) groups is 1. The largest absolute Gasteiger partial charge is 0.507 e. The maximum atomic E-state index is 12.5. The Morgan fingerprint density at radius 1 is 1.15 bits per heavy atom. The summed E-state index contributed by atoms with van der Waals surface area (Å²) in [6, 6.07) is 4.38. The molecule has 0 spiro atoms. The highest BCUT2D eigenvalue weighted by molar-refractivity contribution is 5.72. The third kappa shape index (κ3) is 4.33. The number of phenolic OH excluding ortho intramolecular Hbond substituents is 1. The van der Waals surface area contributed by atoms with Gasteiger partial charge in [-0.3, -0.25) is 9.59 Å². The summed E-state index contributed by atoms with van der Waals surface area (Å²) in [7, 11) is 2.74. The molecule has 0 radical (unpaired) electrons. The SMILES string of the molecule is CCOC(=O)C[C@H](c1cc(OC)c(O)c(OC)c1)c1c(O)cc(C)[nH]c1=O. The smallest absolute Gasteiger partial charge is 0.306 e. The van der Waals surface area contributed by atoms with Crippen molar-refractivity contribution in [2.45, 2.75) is 26.2 Å². The molecule has 0 fully saturated rings. The van der Waals surface area contributed by atoms with Gasteiger partial charge in [0.1, 0.15) is 5.75 Å². The second-order valence-electron chi connectivity index (χ2n) is 5.92. The van der Waals surface area contributed by atoms with E-state index in [1.807, 2.05) is 0 Å². The normalized spacial score (nSPS) is 11.7. The van der Waals surface area contributed by atoms with Gasteiger partial charge in [-0.15, -0.1) is 0 Å². The molecule has 0 bridgehead atoms. The second kappa shape index (κ2) is 8.48. The van der Waals surface area contributed by atoms with E-state index in [1.165, 1.54) is 32.4 Å². The van der Waals surface area contributed by atoms with Gasteiger partial charge < -0.3 is 29.4 Å². The number of phenols is 1. The molecule has 0 aliphatic rings. The highest BCUT2D eigenvalue weighted by Gasteiger charge is 2.27. The summed E-state index contributed by atoms with van der Waals surface area (Å²) in [6.07, 6.45) is -0.190. The molecule has 2 rings (SSSR count). The van der Waals surface area contributed by atoms with E-state index in [0.29, 0.717) is 11.3 Å². The summed E-state index contributed by atoms with van der Waals surface area (Å²) < 4.78 is 15.3. The molecule has 0 aliphatic carbocycles. The minimum absolute atomic E-state index is 0.0171. The number of aromatic nitrogens is 1. The number of pyridine rings is 1. The van der Waals surface area contributed by atoms with Crippen molar-refractivity contribution in [3.8, 4) is 23.0 Å². The number of rotatable bonds is 7. The van der Waals surface area contributed by atoms with Gasteiger partial charge in [0, 0.05) is 11.6 Å². The van der Waals surface area contributed by atoms with E-state index >= 15 is 0 Å². The van der Waals surface area contributed by atoms with Crippen molar-refractivity contribution in [2.75, 3.05) is 20.8 Å². The number of H-pyrrole nitrogens is 1. The van der Waals surface area contributed by atoms with Crippen molar-refractivity contribution < 1.29 is 29.2 Å². The quantitative estimate of drug-likeness (QED) is 0.633. The zero-order valence-electron chi connectivity index (χ0n) is 15.7. The zero-order valence-corrected chi connectivity index (χ0v) is 15.7. The summed E-state index contributed by atoms with van der Waals surface area (Å²) in [6.45, 7) is 3.50. The molecule has 8 nitrogen and oxygen atoms in total. The maximum Gasteiger partial charge on any atom is 0.306 e. The third-order valence-corrected chi connectivity index (χ3v) is 4.11. The Labute approximate surface area is 156 Å². The fraction of sp³-hybridized carbons (Fsp3) is 0.368.